The Hall–Kier alpha value is -1.86. The summed E-state index contributed by atoms with van der Waals surface area (Å²) in [5.74, 6) is 0.0430. The van der Waals surface area contributed by atoms with Gasteiger partial charge in [-0.05, 0) is 56.3 Å². The highest BCUT2D eigenvalue weighted by Crippen LogP contribution is 2.37. The molecule has 2 aromatic carbocycles. The first-order chi connectivity index (χ1) is 11.4. The van der Waals surface area contributed by atoms with E-state index in [4.69, 9.17) is 4.74 Å². The van der Waals surface area contributed by atoms with Crippen LogP contribution in [-0.2, 0) is 10.0 Å². The third kappa shape index (κ3) is 2.71. The Kier molecular flexibility index (Phi) is 4.40. The van der Waals surface area contributed by atoms with Crippen LogP contribution in [0.5, 0.6) is 5.75 Å². The van der Waals surface area contributed by atoms with Crippen LogP contribution in [0.1, 0.15) is 12.6 Å². The van der Waals surface area contributed by atoms with Gasteiger partial charge in [-0.3, -0.25) is 0 Å². The Balaban J connectivity index is 2.33. The van der Waals surface area contributed by atoms with E-state index >= 15 is 0 Å². The van der Waals surface area contributed by atoms with Gasteiger partial charge in [0.05, 0.1) is 22.7 Å². The fourth-order valence-corrected chi connectivity index (χ4v) is 4.60. The second kappa shape index (κ2) is 6.22. The standard InChI is InChI=1S/C17H15BrFNO3S/c1-3-23-17-11(2)20(16-9-4-12(18)10-15(16)17)24(21,22)14-7-5-13(19)6-8-14/h4-10H,3H2,1-2H3. The third-order valence-electron chi connectivity index (χ3n) is 3.70. The van der Waals surface area contributed by atoms with E-state index < -0.39 is 15.8 Å². The Morgan fingerprint density at radius 3 is 2.46 bits per heavy atom. The van der Waals surface area contributed by atoms with Crippen LogP contribution in [0.15, 0.2) is 51.8 Å². The number of benzene rings is 2. The van der Waals surface area contributed by atoms with Crippen LogP contribution < -0.4 is 4.74 Å². The zero-order valence-electron chi connectivity index (χ0n) is 13.1. The highest BCUT2D eigenvalue weighted by molar-refractivity contribution is 9.10. The Bertz CT molecular complexity index is 1010. The summed E-state index contributed by atoms with van der Waals surface area (Å²) in [5.41, 5.74) is 0.998. The molecule has 1 heterocycles. The maximum absolute atomic E-state index is 13.1. The van der Waals surface area contributed by atoms with E-state index in [1.54, 1.807) is 19.1 Å². The van der Waals surface area contributed by atoms with Crippen LogP contribution >= 0.6 is 15.9 Å². The summed E-state index contributed by atoms with van der Waals surface area (Å²) in [5, 5.41) is 0.703. The van der Waals surface area contributed by atoms with E-state index in [2.05, 4.69) is 15.9 Å². The van der Waals surface area contributed by atoms with Gasteiger partial charge in [-0.25, -0.2) is 16.8 Å². The molecule has 1 aromatic heterocycles. The summed E-state index contributed by atoms with van der Waals surface area (Å²) in [6.07, 6.45) is 0. The van der Waals surface area contributed by atoms with E-state index in [9.17, 15) is 12.8 Å². The van der Waals surface area contributed by atoms with Gasteiger partial charge in [0.15, 0.2) is 0 Å². The van der Waals surface area contributed by atoms with Crippen molar-refractivity contribution in [2.75, 3.05) is 6.61 Å². The summed E-state index contributed by atoms with van der Waals surface area (Å²) < 4.78 is 47.0. The largest absolute Gasteiger partial charge is 0.491 e. The molecule has 0 aliphatic heterocycles. The molecule has 3 rings (SSSR count). The van der Waals surface area contributed by atoms with Crippen molar-refractivity contribution < 1.29 is 17.5 Å². The molecule has 4 nitrogen and oxygen atoms in total. The molecule has 0 fully saturated rings. The van der Waals surface area contributed by atoms with Crippen LogP contribution in [0.3, 0.4) is 0 Å². The van der Waals surface area contributed by atoms with Gasteiger partial charge in [-0.1, -0.05) is 15.9 Å². The van der Waals surface area contributed by atoms with Gasteiger partial charge in [-0.15, -0.1) is 0 Å². The van der Waals surface area contributed by atoms with Crippen LogP contribution in [0.25, 0.3) is 10.9 Å². The molecule has 0 spiro atoms. The molecule has 0 saturated carbocycles. The van der Waals surface area contributed by atoms with Gasteiger partial charge in [0, 0.05) is 9.86 Å². The normalized spacial score (nSPS) is 11.8. The second-order valence-corrected chi connectivity index (χ2v) is 7.93. The number of hydrogen-bond acceptors (Lipinski definition) is 3. The lowest BCUT2D eigenvalue weighted by atomic mass is 10.2. The number of aromatic nitrogens is 1. The van der Waals surface area contributed by atoms with Crippen molar-refractivity contribution in [3.05, 3.63) is 58.4 Å². The summed E-state index contributed by atoms with van der Waals surface area (Å²) in [6, 6.07) is 10.1. The lowest BCUT2D eigenvalue weighted by Gasteiger charge is -2.10. The molecule has 0 aliphatic rings. The third-order valence-corrected chi connectivity index (χ3v) is 6.01. The highest BCUT2D eigenvalue weighted by atomic mass is 79.9. The Morgan fingerprint density at radius 1 is 1.17 bits per heavy atom. The highest BCUT2D eigenvalue weighted by Gasteiger charge is 2.25. The molecule has 0 atom stereocenters. The van der Waals surface area contributed by atoms with Crippen molar-refractivity contribution in [3.8, 4) is 5.75 Å². The van der Waals surface area contributed by atoms with E-state index in [1.807, 2.05) is 13.0 Å². The number of nitrogens with zero attached hydrogens (tertiary/aromatic N) is 1. The average Bonchev–Trinajstić information content (AvgIpc) is 2.81. The predicted octanol–water partition coefficient (Wildman–Crippen LogP) is 4.49. The van der Waals surface area contributed by atoms with Crippen LogP contribution in [0.4, 0.5) is 4.39 Å². The molecule has 0 saturated heterocycles. The summed E-state index contributed by atoms with van der Waals surface area (Å²) in [7, 11) is -3.87. The molecule has 0 amide bonds. The summed E-state index contributed by atoms with van der Waals surface area (Å²) in [6.45, 7) is 3.96. The van der Waals surface area contributed by atoms with E-state index in [0.717, 1.165) is 16.6 Å². The lowest BCUT2D eigenvalue weighted by molar-refractivity contribution is 0.341. The maximum atomic E-state index is 13.1. The first kappa shape index (κ1) is 17.0. The molecule has 0 bridgehead atoms. The molecule has 3 aromatic rings. The summed E-state index contributed by atoms with van der Waals surface area (Å²) >= 11 is 3.40. The van der Waals surface area contributed by atoms with Crippen LogP contribution in [0, 0.1) is 12.7 Å². The van der Waals surface area contributed by atoms with Crippen molar-refractivity contribution in [1.82, 2.24) is 3.97 Å². The molecule has 0 aliphatic carbocycles. The Labute approximate surface area is 148 Å². The van der Waals surface area contributed by atoms with Crippen molar-refractivity contribution in [1.29, 1.82) is 0 Å². The van der Waals surface area contributed by atoms with E-state index in [1.165, 1.54) is 16.1 Å². The zero-order chi connectivity index (χ0) is 17.5. The lowest BCUT2D eigenvalue weighted by Crippen LogP contribution is -2.14. The van der Waals surface area contributed by atoms with Crippen molar-refractivity contribution in [3.63, 3.8) is 0 Å². The smallest absolute Gasteiger partial charge is 0.268 e. The number of halogens is 2. The molecule has 0 unspecified atom stereocenters. The second-order valence-electron chi connectivity index (χ2n) is 5.23. The number of rotatable bonds is 4. The van der Waals surface area contributed by atoms with Gasteiger partial charge in [0.25, 0.3) is 10.0 Å². The molecule has 126 valence electrons. The van der Waals surface area contributed by atoms with Crippen molar-refractivity contribution >= 4 is 36.9 Å². The SMILES string of the molecule is CCOc1c(C)n(S(=O)(=O)c2ccc(F)cc2)c2ccc(Br)cc12. The minimum atomic E-state index is -3.87. The first-order valence-electron chi connectivity index (χ1n) is 7.30. The van der Waals surface area contributed by atoms with Gasteiger partial charge < -0.3 is 4.74 Å². The molecule has 24 heavy (non-hydrogen) atoms. The van der Waals surface area contributed by atoms with Gasteiger partial charge >= 0.3 is 0 Å². The quantitative estimate of drug-likeness (QED) is 0.635. The molecular formula is C17H15BrFNO3S. The minimum absolute atomic E-state index is 0.0230. The van der Waals surface area contributed by atoms with Crippen LogP contribution in [0.2, 0.25) is 0 Å². The monoisotopic (exact) mass is 411 g/mol. The fourth-order valence-electron chi connectivity index (χ4n) is 2.68. The predicted molar refractivity (Wildman–Crippen MR) is 94.5 cm³/mol. The average molecular weight is 412 g/mol. The number of hydrogen-bond donors (Lipinski definition) is 0. The summed E-state index contributed by atoms with van der Waals surface area (Å²) in [4.78, 5) is 0.0230. The van der Waals surface area contributed by atoms with Gasteiger partial charge in [-0.2, -0.15) is 0 Å². The maximum Gasteiger partial charge on any atom is 0.268 e. The van der Waals surface area contributed by atoms with Gasteiger partial charge in [0.2, 0.25) is 0 Å². The Morgan fingerprint density at radius 2 is 1.83 bits per heavy atom. The van der Waals surface area contributed by atoms with Crippen molar-refractivity contribution in [2.45, 2.75) is 18.7 Å². The van der Waals surface area contributed by atoms with Gasteiger partial charge in [0.1, 0.15) is 11.6 Å². The fraction of sp³-hybridized carbons (Fsp3) is 0.176. The molecule has 7 heteroatoms. The number of fused-ring (bicyclic) bond motifs is 1. The zero-order valence-corrected chi connectivity index (χ0v) is 15.5. The first-order valence-corrected chi connectivity index (χ1v) is 9.54. The number of ether oxygens (including phenoxy) is 1. The minimum Gasteiger partial charge on any atom is -0.491 e. The molecular weight excluding hydrogens is 397 g/mol. The van der Waals surface area contributed by atoms with Crippen LogP contribution in [-0.4, -0.2) is 19.0 Å². The topological polar surface area (TPSA) is 48.3 Å². The molecule has 0 radical (unpaired) electrons. The molecule has 0 N–H and O–H groups in total. The van der Waals surface area contributed by atoms with E-state index in [-0.39, 0.29) is 4.90 Å². The van der Waals surface area contributed by atoms with Crippen molar-refractivity contribution in [2.24, 2.45) is 0 Å². The van der Waals surface area contributed by atoms with E-state index in [0.29, 0.717) is 29.0 Å².